The number of carbonyl (C=O) groups is 1. The maximum Gasteiger partial charge on any atom is 0.236 e. The highest BCUT2D eigenvalue weighted by Gasteiger charge is 2.14. The molecule has 0 aliphatic heterocycles. The van der Waals surface area contributed by atoms with Gasteiger partial charge in [0.25, 0.3) is 0 Å². The number of para-hydroxylation sites is 2. The standard InChI is InChI=1S/C20H25FN2O3/c1-22(12-13-26-19-11-7-6-10-18(19)25-3)15-20(24)23(2)14-16-8-4-5-9-17(16)21/h4-11H,12-15H2,1-3H3. The summed E-state index contributed by atoms with van der Waals surface area (Å²) in [6.45, 7) is 1.50. The number of halogens is 1. The van der Waals surface area contributed by atoms with Crippen molar-refractivity contribution in [1.82, 2.24) is 9.80 Å². The fourth-order valence-electron chi connectivity index (χ4n) is 2.45. The topological polar surface area (TPSA) is 42.0 Å². The van der Waals surface area contributed by atoms with E-state index in [1.807, 2.05) is 36.2 Å². The first-order chi connectivity index (χ1) is 12.5. The van der Waals surface area contributed by atoms with Crippen LogP contribution in [0.15, 0.2) is 48.5 Å². The second kappa shape index (κ2) is 9.77. The number of nitrogens with zero attached hydrogens (tertiary/aromatic N) is 2. The third-order valence-corrected chi connectivity index (χ3v) is 4.00. The van der Waals surface area contributed by atoms with Gasteiger partial charge in [0, 0.05) is 25.7 Å². The van der Waals surface area contributed by atoms with Gasteiger partial charge in [0.2, 0.25) is 5.91 Å². The maximum atomic E-state index is 13.7. The van der Waals surface area contributed by atoms with Crippen molar-refractivity contribution in [2.45, 2.75) is 6.54 Å². The van der Waals surface area contributed by atoms with E-state index in [-0.39, 0.29) is 24.8 Å². The molecule has 0 N–H and O–H groups in total. The molecule has 0 radical (unpaired) electrons. The quantitative estimate of drug-likeness (QED) is 0.690. The lowest BCUT2D eigenvalue weighted by molar-refractivity contribution is -0.131. The van der Waals surface area contributed by atoms with Gasteiger partial charge >= 0.3 is 0 Å². The van der Waals surface area contributed by atoms with Gasteiger partial charge in [-0.3, -0.25) is 9.69 Å². The van der Waals surface area contributed by atoms with Crippen molar-refractivity contribution in [2.24, 2.45) is 0 Å². The predicted molar refractivity (Wildman–Crippen MR) is 98.9 cm³/mol. The van der Waals surface area contributed by atoms with Crippen LogP contribution in [0.3, 0.4) is 0 Å². The molecule has 140 valence electrons. The van der Waals surface area contributed by atoms with Crippen molar-refractivity contribution < 1.29 is 18.7 Å². The van der Waals surface area contributed by atoms with Gasteiger partial charge in [-0.2, -0.15) is 0 Å². The first-order valence-electron chi connectivity index (χ1n) is 8.43. The molecule has 0 aromatic heterocycles. The third kappa shape index (κ3) is 5.74. The van der Waals surface area contributed by atoms with Crippen LogP contribution in [0.5, 0.6) is 11.5 Å². The summed E-state index contributed by atoms with van der Waals surface area (Å²) in [4.78, 5) is 15.7. The van der Waals surface area contributed by atoms with Crippen molar-refractivity contribution >= 4 is 5.91 Å². The van der Waals surface area contributed by atoms with Gasteiger partial charge in [-0.1, -0.05) is 30.3 Å². The van der Waals surface area contributed by atoms with E-state index < -0.39 is 0 Å². The van der Waals surface area contributed by atoms with Crippen molar-refractivity contribution in [1.29, 1.82) is 0 Å². The molecule has 1 amide bonds. The summed E-state index contributed by atoms with van der Waals surface area (Å²) in [5.41, 5.74) is 0.505. The van der Waals surface area contributed by atoms with Gasteiger partial charge in [0.05, 0.1) is 13.7 Å². The lowest BCUT2D eigenvalue weighted by Crippen LogP contribution is -2.38. The maximum absolute atomic E-state index is 13.7. The van der Waals surface area contributed by atoms with Crippen LogP contribution in [0.4, 0.5) is 4.39 Å². The smallest absolute Gasteiger partial charge is 0.236 e. The molecule has 0 aliphatic carbocycles. The van der Waals surface area contributed by atoms with E-state index in [1.54, 1.807) is 32.4 Å². The van der Waals surface area contributed by atoms with Crippen LogP contribution < -0.4 is 9.47 Å². The second-order valence-electron chi connectivity index (χ2n) is 6.08. The van der Waals surface area contributed by atoms with Gasteiger partial charge in [0.1, 0.15) is 12.4 Å². The lowest BCUT2D eigenvalue weighted by Gasteiger charge is -2.22. The summed E-state index contributed by atoms with van der Waals surface area (Å²) < 4.78 is 24.6. The Hall–Kier alpha value is -2.60. The molecule has 26 heavy (non-hydrogen) atoms. The van der Waals surface area contributed by atoms with E-state index in [0.29, 0.717) is 30.2 Å². The first kappa shape index (κ1) is 19.7. The molecule has 0 bridgehead atoms. The Balaban J connectivity index is 1.77. The molecule has 2 aromatic carbocycles. The fourth-order valence-corrected chi connectivity index (χ4v) is 2.45. The summed E-state index contributed by atoms with van der Waals surface area (Å²) >= 11 is 0. The molecule has 0 unspecified atom stereocenters. The molecular formula is C20H25FN2O3. The van der Waals surface area contributed by atoms with E-state index in [1.165, 1.54) is 11.0 Å². The monoisotopic (exact) mass is 360 g/mol. The van der Waals surface area contributed by atoms with Crippen LogP contribution in [0, 0.1) is 5.82 Å². The van der Waals surface area contributed by atoms with Crippen LogP contribution in [-0.2, 0) is 11.3 Å². The molecule has 0 saturated carbocycles. The van der Waals surface area contributed by atoms with E-state index >= 15 is 0 Å². The van der Waals surface area contributed by atoms with Gasteiger partial charge < -0.3 is 14.4 Å². The Labute approximate surface area is 153 Å². The van der Waals surface area contributed by atoms with Crippen molar-refractivity contribution in [3.05, 3.63) is 59.9 Å². The lowest BCUT2D eigenvalue weighted by atomic mass is 10.2. The van der Waals surface area contributed by atoms with Crippen molar-refractivity contribution in [3.63, 3.8) is 0 Å². The summed E-state index contributed by atoms with van der Waals surface area (Å²) in [7, 11) is 5.12. The second-order valence-corrected chi connectivity index (χ2v) is 6.08. The highest BCUT2D eigenvalue weighted by atomic mass is 19.1. The average molecular weight is 360 g/mol. The number of carbonyl (C=O) groups excluding carboxylic acids is 1. The molecular weight excluding hydrogens is 335 g/mol. The number of methoxy groups -OCH3 is 1. The van der Waals surface area contributed by atoms with Gasteiger partial charge in [-0.25, -0.2) is 4.39 Å². The Morgan fingerprint density at radius 3 is 2.38 bits per heavy atom. The Morgan fingerprint density at radius 1 is 1.04 bits per heavy atom. The summed E-state index contributed by atoms with van der Waals surface area (Å²) in [6.07, 6.45) is 0. The van der Waals surface area contributed by atoms with Crippen LogP contribution in [0.1, 0.15) is 5.56 Å². The minimum Gasteiger partial charge on any atom is -0.493 e. The van der Waals surface area contributed by atoms with Crippen LogP contribution >= 0.6 is 0 Å². The summed E-state index contributed by atoms with van der Waals surface area (Å²) in [5.74, 6) is 0.973. The molecule has 6 heteroatoms. The zero-order valence-electron chi connectivity index (χ0n) is 15.4. The van der Waals surface area contributed by atoms with Crippen LogP contribution in [0.25, 0.3) is 0 Å². The Bertz CT molecular complexity index is 724. The Kier molecular flexibility index (Phi) is 7.41. The van der Waals surface area contributed by atoms with Crippen LogP contribution in [-0.4, -0.2) is 56.6 Å². The summed E-state index contributed by atoms with van der Waals surface area (Å²) in [5, 5.41) is 0. The molecule has 0 spiro atoms. The van der Waals surface area contributed by atoms with Gasteiger partial charge in [-0.05, 0) is 25.2 Å². The molecule has 2 rings (SSSR count). The van der Waals surface area contributed by atoms with E-state index in [4.69, 9.17) is 9.47 Å². The minimum atomic E-state index is -0.300. The number of ether oxygens (including phenoxy) is 2. The molecule has 0 saturated heterocycles. The zero-order chi connectivity index (χ0) is 18.9. The van der Waals surface area contributed by atoms with Crippen molar-refractivity contribution in [3.8, 4) is 11.5 Å². The van der Waals surface area contributed by atoms with E-state index in [9.17, 15) is 9.18 Å². The SMILES string of the molecule is COc1ccccc1OCCN(C)CC(=O)N(C)Cc1ccccc1F. The van der Waals surface area contributed by atoms with Crippen molar-refractivity contribution in [2.75, 3.05) is 40.9 Å². The number of hydrogen-bond acceptors (Lipinski definition) is 4. The molecule has 5 nitrogen and oxygen atoms in total. The Morgan fingerprint density at radius 2 is 1.69 bits per heavy atom. The zero-order valence-corrected chi connectivity index (χ0v) is 15.4. The average Bonchev–Trinajstić information content (AvgIpc) is 2.64. The normalized spacial score (nSPS) is 10.7. The number of hydrogen-bond donors (Lipinski definition) is 0. The number of rotatable bonds is 9. The van der Waals surface area contributed by atoms with Gasteiger partial charge in [-0.15, -0.1) is 0 Å². The largest absolute Gasteiger partial charge is 0.493 e. The third-order valence-electron chi connectivity index (χ3n) is 4.00. The number of benzene rings is 2. The molecule has 2 aromatic rings. The highest BCUT2D eigenvalue weighted by Crippen LogP contribution is 2.25. The molecule has 0 atom stereocenters. The number of likely N-dealkylation sites (N-methyl/N-ethyl adjacent to an activating group) is 2. The molecule has 0 fully saturated rings. The first-order valence-corrected chi connectivity index (χ1v) is 8.43. The van der Waals surface area contributed by atoms with E-state index in [0.717, 1.165) is 0 Å². The van der Waals surface area contributed by atoms with Crippen LogP contribution in [0.2, 0.25) is 0 Å². The summed E-state index contributed by atoms with van der Waals surface area (Å²) in [6, 6.07) is 13.9. The van der Waals surface area contributed by atoms with Gasteiger partial charge in [0.15, 0.2) is 11.5 Å². The highest BCUT2D eigenvalue weighted by molar-refractivity contribution is 5.77. The van der Waals surface area contributed by atoms with E-state index in [2.05, 4.69) is 0 Å². The fraction of sp³-hybridized carbons (Fsp3) is 0.350. The predicted octanol–water partition coefficient (Wildman–Crippen LogP) is 2.80. The number of amides is 1. The minimum absolute atomic E-state index is 0.0759. The molecule has 0 heterocycles. The molecule has 0 aliphatic rings.